The van der Waals surface area contributed by atoms with E-state index in [4.69, 9.17) is 11.6 Å². The Morgan fingerprint density at radius 2 is 1.91 bits per heavy atom. The number of thiophene rings is 1. The number of nitrogens with one attached hydrogen (secondary N) is 2. The number of halogens is 1. The summed E-state index contributed by atoms with van der Waals surface area (Å²) in [6.07, 6.45) is 1.63. The number of benzene rings is 1. The Bertz CT molecular complexity index is 760. The van der Waals surface area contributed by atoms with Gasteiger partial charge in [0, 0.05) is 16.1 Å². The van der Waals surface area contributed by atoms with Crippen LogP contribution >= 0.6 is 22.9 Å². The van der Waals surface area contributed by atoms with Crippen LogP contribution in [0.15, 0.2) is 66.2 Å². The van der Waals surface area contributed by atoms with Crippen LogP contribution in [0.1, 0.15) is 16.5 Å². The lowest BCUT2D eigenvalue weighted by molar-refractivity contribution is 0.250. The van der Waals surface area contributed by atoms with Crippen LogP contribution in [0.4, 0.5) is 10.6 Å². The number of amides is 2. The van der Waals surface area contributed by atoms with E-state index in [-0.39, 0.29) is 12.1 Å². The van der Waals surface area contributed by atoms with Crippen LogP contribution in [0.2, 0.25) is 5.02 Å². The lowest BCUT2D eigenvalue weighted by Gasteiger charge is -2.18. The molecule has 0 fully saturated rings. The number of hydrogen-bond donors (Lipinski definition) is 2. The second-order valence-corrected chi connectivity index (χ2v) is 6.23. The molecule has 0 bridgehead atoms. The molecule has 1 atom stereocenters. The van der Waals surface area contributed by atoms with Crippen molar-refractivity contribution < 1.29 is 4.79 Å². The summed E-state index contributed by atoms with van der Waals surface area (Å²) in [7, 11) is 0. The second kappa shape index (κ2) is 7.26. The van der Waals surface area contributed by atoms with Gasteiger partial charge < -0.3 is 5.32 Å². The van der Waals surface area contributed by atoms with Gasteiger partial charge in [-0.3, -0.25) is 5.32 Å². The highest BCUT2D eigenvalue weighted by Gasteiger charge is 2.18. The number of pyridine rings is 1. The highest BCUT2D eigenvalue weighted by molar-refractivity contribution is 7.10. The second-order valence-electron chi connectivity index (χ2n) is 4.81. The van der Waals surface area contributed by atoms with Gasteiger partial charge in [0.05, 0.1) is 6.04 Å². The molecule has 0 radical (unpaired) electrons. The molecule has 2 heterocycles. The Hall–Kier alpha value is -2.37. The van der Waals surface area contributed by atoms with E-state index in [1.165, 1.54) is 0 Å². The summed E-state index contributed by atoms with van der Waals surface area (Å²) in [4.78, 5) is 17.4. The summed E-state index contributed by atoms with van der Waals surface area (Å²) >= 11 is 7.54. The van der Waals surface area contributed by atoms with E-state index in [0.717, 1.165) is 10.4 Å². The van der Waals surface area contributed by atoms with Crippen molar-refractivity contribution in [2.24, 2.45) is 0 Å². The summed E-state index contributed by atoms with van der Waals surface area (Å²) in [5.41, 5.74) is 0.966. The van der Waals surface area contributed by atoms with Gasteiger partial charge in [0.15, 0.2) is 0 Å². The summed E-state index contributed by atoms with van der Waals surface area (Å²) in [6.45, 7) is 0. The van der Waals surface area contributed by atoms with Crippen LogP contribution in [-0.4, -0.2) is 11.0 Å². The molecule has 116 valence electrons. The molecule has 6 heteroatoms. The number of aromatic nitrogens is 1. The average Bonchev–Trinajstić information content (AvgIpc) is 3.09. The molecule has 2 N–H and O–H groups in total. The van der Waals surface area contributed by atoms with Crippen molar-refractivity contribution in [2.45, 2.75) is 6.04 Å². The molecule has 0 saturated carbocycles. The number of anilines is 1. The van der Waals surface area contributed by atoms with E-state index in [1.54, 1.807) is 29.7 Å². The zero-order valence-corrected chi connectivity index (χ0v) is 13.6. The molecular weight excluding hydrogens is 330 g/mol. The first-order valence-corrected chi connectivity index (χ1v) is 8.25. The zero-order valence-electron chi connectivity index (χ0n) is 12.1. The van der Waals surface area contributed by atoms with Gasteiger partial charge in [-0.2, -0.15) is 0 Å². The van der Waals surface area contributed by atoms with Crippen molar-refractivity contribution >= 4 is 34.8 Å². The quantitative estimate of drug-likeness (QED) is 0.721. The SMILES string of the molecule is O=C(Nc1ccccn1)N[C@@H](c1ccc(Cl)cc1)c1cccs1. The number of carbonyl (C=O) groups is 1. The summed E-state index contributed by atoms with van der Waals surface area (Å²) < 4.78 is 0. The summed E-state index contributed by atoms with van der Waals surface area (Å²) in [5.74, 6) is 0.506. The average molecular weight is 344 g/mol. The number of nitrogens with zero attached hydrogens (tertiary/aromatic N) is 1. The van der Waals surface area contributed by atoms with E-state index >= 15 is 0 Å². The maximum atomic E-state index is 12.3. The highest BCUT2D eigenvalue weighted by Crippen LogP contribution is 2.27. The number of hydrogen-bond acceptors (Lipinski definition) is 3. The zero-order chi connectivity index (χ0) is 16.1. The predicted octanol–water partition coefficient (Wildman–Crippen LogP) is 4.71. The third-order valence-corrected chi connectivity index (χ3v) is 4.40. The van der Waals surface area contributed by atoms with Gasteiger partial charge in [0.2, 0.25) is 0 Å². The normalized spacial score (nSPS) is 11.7. The molecular formula is C17H14ClN3OS. The Morgan fingerprint density at radius 3 is 2.57 bits per heavy atom. The largest absolute Gasteiger partial charge is 0.326 e. The Kier molecular flexibility index (Phi) is 4.90. The van der Waals surface area contributed by atoms with Crippen molar-refractivity contribution in [3.63, 3.8) is 0 Å². The van der Waals surface area contributed by atoms with Crippen molar-refractivity contribution in [1.29, 1.82) is 0 Å². The van der Waals surface area contributed by atoms with E-state index in [2.05, 4.69) is 15.6 Å². The first-order valence-electron chi connectivity index (χ1n) is 7.00. The van der Waals surface area contributed by atoms with Gasteiger partial charge >= 0.3 is 6.03 Å². The van der Waals surface area contributed by atoms with Crippen molar-refractivity contribution in [1.82, 2.24) is 10.3 Å². The van der Waals surface area contributed by atoms with Gasteiger partial charge in [0.25, 0.3) is 0 Å². The van der Waals surface area contributed by atoms with E-state index in [0.29, 0.717) is 10.8 Å². The minimum absolute atomic E-state index is 0.240. The third-order valence-electron chi connectivity index (χ3n) is 3.21. The maximum Gasteiger partial charge on any atom is 0.321 e. The number of rotatable bonds is 4. The van der Waals surface area contributed by atoms with Gasteiger partial charge in [-0.05, 0) is 41.3 Å². The van der Waals surface area contributed by atoms with Crippen molar-refractivity contribution in [3.8, 4) is 0 Å². The molecule has 3 aromatic rings. The minimum Gasteiger partial charge on any atom is -0.326 e. The van der Waals surface area contributed by atoms with Crippen LogP contribution in [0.25, 0.3) is 0 Å². The third kappa shape index (κ3) is 4.09. The molecule has 0 saturated heterocycles. The Labute approximate surface area is 143 Å². The van der Waals surface area contributed by atoms with Gasteiger partial charge in [-0.25, -0.2) is 9.78 Å². The predicted molar refractivity (Wildman–Crippen MR) is 94.0 cm³/mol. The monoisotopic (exact) mass is 343 g/mol. The van der Waals surface area contributed by atoms with Crippen molar-refractivity contribution in [2.75, 3.05) is 5.32 Å². The van der Waals surface area contributed by atoms with Crippen LogP contribution in [0.5, 0.6) is 0 Å². The fourth-order valence-corrected chi connectivity index (χ4v) is 3.08. The lowest BCUT2D eigenvalue weighted by Crippen LogP contribution is -2.33. The molecule has 23 heavy (non-hydrogen) atoms. The molecule has 0 aliphatic heterocycles. The topological polar surface area (TPSA) is 54.0 Å². The minimum atomic E-state index is -0.308. The fraction of sp³-hybridized carbons (Fsp3) is 0.0588. The standard InChI is InChI=1S/C17H14ClN3OS/c18-13-8-6-12(7-9-13)16(14-4-3-11-23-14)21-17(22)20-15-5-1-2-10-19-15/h1-11,16H,(H2,19,20,21,22)/t16-/m0/s1. The van der Waals surface area contributed by atoms with Gasteiger partial charge in [-0.15, -0.1) is 11.3 Å². The lowest BCUT2D eigenvalue weighted by atomic mass is 10.1. The number of urea groups is 1. The van der Waals surface area contributed by atoms with E-state index in [1.807, 2.05) is 47.8 Å². The fourth-order valence-electron chi connectivity index (χ4n) is 2.15. The highest BCUT2D eigenvalue weighted by atomic mass is 35.5. The first kappa shape index (κ1) is 15.5. The smallest absolute Gasteiger partial charge is 0.321 e. The van der Waals surface area contributed by atoms with Gasteiger partial charge in [-0.1, -0.05) is 35.9 Å². The van der Waals surface area contributed by atoms with Crippen LogP contribution in [-0.2, 0) is 0 Å². The number of carbonyl (C=O) groups excluding carboxylic acids is 1. The van der Waals surface area contributed by atoms with E-state index in [9.17, 15) is 4.79 Å². The maximum absolute atomic E-state index is 12.3. The first-order chi connectivity index (χ1) is 11.2. The molecule has 3 rings (SSSR count). The Balaban J connectivity index is 1.79. The van der Waals surface area contributed by atoms with Crippen LogP contribution < -0.4 is 10.6 Å². The van der Waals surface area contributed by atoms with Crippen LogP contribution in [0.3, 0.4) is 0 Å². The molecule has 0 aliphatic carbocycles. The summed E-state index contributed by atoms with van der Waals surface area (Å²) in [5, 5.41) is 8.36. The van der Waals surface area contributed by atoms with Crippen molar-refractivity contribution in [3.05, 3.63) is 81.6 Å². The Morgan fingerprint density at radius 1 is 1.09 bits per heavy atom. The molecule has 4 nitrogen and oxygen atoms in total. The van der Waals surface area contributed by atoms with Crippen LogP contribution in [0, 0.1) is 0 Å². The molecule has 0 aliphatic rings. The molecule has 0 spiro atoms. The molecule has 1 aromatic carbocycles. The molecule has 2 aromatic heterocycles. The summed E-state index contributed by atoms with van der Waals surface area (Å²) in [6, 6.07) is 16.2. The van der Waals surface area contributed by atoms with E-state index < -0.39 is 0 Å². The molecule has 0 unspecified atom stereocenters. The molecule has 2 amide bonds. The van der Waals surface area contributed by atoms with Gasteiger partial charge in [0.1, 0.15) is 5.82 Å².